The van der Waals surface area contributed by atoms with Gasteiger partial charge in [0.15, 0.2) is 5.69 Å². The first-order chi connectivity index (χ1) is 12.4. The molecule has 1 aliphatic rings. The Kier molecular flexibility index (Phi) is 5.32. The van der Waals surface area contributed by atoms with Gasteiger partial charge < -0.3 is 9.64 Å². The van der Waals surface area contributed by atoms with Crippen molar-refractivity contribution in [2.24, 2.45) is 0 Å². The minimum atomic E-state index is -0.602. The largest absolute Gasteiger partial charge is 0.461 e. The second kappa shape index (κ2) is 7.50. The van der Waals surface area contributed by atoms with Gasteiger partial charge in [-0.1, -0.05) is 17.7 Å². The van der Waals surface area contributed by atoms with Gasteiger partial charge in [-0.3, -0.25) is 4.79 Å². The molecule has 2 aromatic rings. The van der Waals surface area contributed by atoms with Crippen LogP contribution in [0, 0.1) is 6.92 Å². The molecule has 6 nitrogen and oxygen atoms in total. The highest BCUT2D eigenvalue weighted by Gasteiger charge is 2.32. The zero-order valence-electron chi connectivity index (χ0n) is 15.2. The van der Waals surface area contributed by atoms with Crippen LogP contribution in [0.5, 0.6) is 0 Å². The van der Waals surface area contributed by atoms with Crippen LogP contribution in [0.2, 0.25) is 0 Å². The van der Waals surface area contributed by atoms with Crippen molar-refractivity contribution in [1.29, 1.82) is 0 Å². The minimum Gasteiger partial charge on any atom is -0.461 e. The summed E-state index contributed by atoms with van der Waals surface area (Å²) in [6, 6.07) is 7.94. The standard InChI is InChI=1S/C19H22ClN3O3/c1-4-26-19(25)17-15-11-22(18(24)13(3)20)10-9-16(15)23(21-17)14-7-5-12(2)6-8-14/h5-8,13H,4,9-11H2,1-3H3. The van der Waals surface area contributed by atoms with Gasteiger partial charge in [0.2, 0.25) is 5.91 Å². The predicted octanol–water partition coefficient (Wildman–Crippen LogP) is 2.87. The number of aryl methyl sites for hydroxylation is 1. The third-order valence-electron chi connectivity index (χ3n) is 4.46. The number of aromatic nitrogens is 2. The molecule has 1 aromatic heterocycles. The molecule has 1 unspecified atom stereocenters. The lowest BCUT2D eigenvalue weighted by molar-refractivity contribution is -0.131. The Morgan fingerprint density at radius 2 is 2.00 bits per heavy atom. The van der Waals surface area contributed by atoms with Crippen LogP contribution < -0.4 is 0 Å². The van der Waals surface area contributed by atoms with E-state index < -0.39 is 11.3 Å². The number of benzene rings is 1. The number of carbonyl (C=O) groups excluding carboxylic acids is 2. The van der Waals surface area contributed by atoms with Gasteiger partial charge in [0, 0.05) is 25.1 Å². The Hall–Kier alpha value is -2.34. The van der Waals surface area contributed by atoms with Gasteiger partial charge >= 0.3 is 5.97 Å². The monoisotopic (exact) mass is 375 g/mol. The number of carbonyl (C=O) groups is 2. The summed E-state index contributed by atoms with van der Waals surface area (Å²) in [6.07, 6.45) is 0.602. The highest BCUT2D eigenvalue weighted by molar-refractivity contribution is 6.30. The smallest absolute Gasteiger partial charge is 0.359 e. The summed E-state index contributed by atoms with van der Waals surface area (Å²) in [4.78, 5) is 26.3. The maximum atomic E-state index is 12.4. The molecule has 0 aliphatic carbocycles. The number of alkyl halides is 1. The average Bonchev–Trinajstić information content (AvgIpc) is 3.00. The van der Waals surface area contributed by atoms with Crippen LogP contribution in [0.15, 0.2) is 24.3 Å². The third-order valence-corrected chi connectivity index (χ3v) is 4.64. The van der Waals surface area contributed by atoms with Crippen molar-refractivity contribution in [1.82, 2.24) is 14.7 Å². The van der Waals surface area contributed by atoms with Crippen LogP contribution in [-0.2, 0) is 22.5 Å². The SMILES string of the molecule is CCOC(=O)c1nn(-c2ccc(C)cc2)c2c1CN(C(=O)C(C)Cl)CC2. The van der Waals surface area contributed by atoms with E-state index in [1.54, 1.807) is 23.4 Å². The fourth-order valence-electron chi connectivity index (χ4n) is 3.12. The van der Waals surface area contributed by atoms with Crippen LogP contribution in [0.25, 0.3) is 5.69 Å². The molecule has 1 aromatic carbocycles. The lowest BCUT2D eigenvalue weighted by Crippen LogP contribution is -2.40. The summed E-state index contributed by atoms with van der Waals surface area (Å²) in [7, 11) is 0. The van der Waals surface area contributed by atoms with Gasteiger partial charge in [-0.25, -0.2) is 9.48 Å². The number of nitrogens with zero attached hydrogens (tertiary/aromatic N) is 3. The Morgan fingerprint density at radius 3 is 2.62 bits per heavy atom. The first-order valence-corrected chi connectivity index (χ1v) is 9.13. The van der Waals surface area contributed by atoms with Crippen molar-refractivity contribution >= 4 is 23.5 Å². The second-order valence-corrected chi connectivity index (χ2v) is 7.02. The lowest BCUT2D eigenvalue weighted by atomic mass is 10.0. The van der Waals surface area contributed by atoms with E-state index in [1.807, 2.05) is 31.2 Å². The van der Waals surface area contributed by atoms with Crippen LogP contribution in [0.3, 0.4) is 0 Å². The van der Waals surface area contributed by atoms with E-state index >= 15 is 0 Å². The first-order valence-electron chi connectivity index (χ1n) is 8.70. The van der Waals surface area contributed by atoms with Crippen molar-refractivity contribution < 1.29 is 14.3 Å². The Bertz CT molecular complexity index is 827. The zero-order chi connectivity index (χ0) is 18.8. The molecule has 0 fully saturated rings. The summed E-state index contributed by atoms with van der Waals surface area (Å²) in [5.41, 5.74) is 3.97. The second-order valence-electron chi connectivity index (χ2n) is 6.37. The molecule has 0 saturated heterocycles. The van der Waals surface area contributed by atoms with Crippen molar-refractivity contribution in [2.45, 2.75) is 39.1 Å². The fourth-order valence-corrected chi connectivity index (χ4v) is 3.26. The molecule has 1 atom stereocenters. The van der Waals surface area contributed by atoms with Crippen molar-refractivity contribution in [2.75, 3.05) is 13.2 Å². The summed E-state index contributed by atoms with van der Waals surface area (Å²) in [6.45, 7) is 6.55. The van der Waals surface area contributed by atoms with E-state index in [4.69, 9.17) is 16.3 Å². The van der Waals surface area contributed by atoms with Gasteiger partial charge in [0.05, 0.1) is 18.0 Å². The van der Waals surface area contributed by atoms with Crippen molar-refractivity contribution in [3.05, 3.63) is 46.8 Å². The van der Waals surface area contributed by atoms with Crippen LogP contribution in [-0.4, -0.2) is 45.1 Å². The number of hydrogen-bond donors (Lipinski definition) is 0. The zero-order valence-corrected chi connectivity index (χ0v) is 15.9. The van der Waals surface area contributed by atoms with E-state index in [-0.39, 0.29) is 18.2 Å². The molecule has 3 rings (SSSR count). The molecule has 1 aliphatic heterocycles. The van der Waals surface area contributed by atoms with Gasteiger partial charge in [-0.05, 0) is 32.9 Å². The fraction of sp³-hybridized carbons (Fsp3) is 0.421. The molecule has 0 radical (unpaired) electrons. The Labute approximate surface area is 157 Å². The van der Waals surface area contributed by atoms with Crippen LogP contribution in [0.4, 0.5) is 0 Å². The number of rotatable bonds is 4. The van der Waals surface area contributed by atoms with Crippen molar-refractivity contribution in [3.8, 4) is 5.69 Å². The summed E-state index contributed by atoms with van der Waals surface area (Å²) in [5.74, 6) is -0.613. The molecule has 0 saturated carbocycles. The van der Waals surface area contributed by atoms with Crippen molar-refractivity contribution in [3.63, 3.8) is 0 Å². The van der Waals surface area contributed by atoms with Gasteiger partial charge in [0.1, 0.15) is 5.38 Å². The lowest BCUT2D eigenvalue weighted by Gasteiger charge is -2.28. The highest BCUT2D eigenvalue weighted by Crippen LogP contribution is 2.27. The molecule has 7 heteroatoms. The maximum absolute atomic E-state index is 12.4. The number of halogens is 1. The molecule has 26 heavy (non-hydrogen) atoms. The summed E-state index contributed by atoms with van der Waals surface area (Å²) < 4.78 is 6.95. The topological polar surface area (TPSA) is 64.4 Å². The quantitative estimate of drug-likeness (QED) is 0.609. The van der Waals surface area contributed by atoms with Gasteiger partial charge in [0.25, 0.3) is 0 Å². The molecule has 1 amide bonds. The van der Waals surface area contributed by atoms with E-state index in [2.05, 4.69) is 5.10 Å². The third kappa shape index (κ3) is 3.46. The number of fused-ring (bicyclic) bond motifs is 1. The summed E-state index contributed by atoms with van der Waals surface area (Å²) >= 11 is 5.95. The number of amides is 1. The molecule has 0 bridgehead atoms. The number of ether oxygens (including phenoxy) is 1. The maximum Gasteiger partial charge on any atom is 0.359 e. The molecule has 2 heterocycles. The highest BCUT2D eigenvalue weighted by atomic mass is 35.5. The normalized spacial score (nSPS) is 14.7. The predicted molar refractivity (Wildman–Crippen MR) is 98.7 cm³/mol. The van der Waals surface area contributed by atoms with E-state index in [0.717, 1.165) is 22.5 Å². The molecular formula is C19H22ClN3O3. The Balaban J connectivity index is 2.04. The molecule has 138 valence electrons. The summed E-state index contributed by atoms with van der Waals surface area (Å²) in [5, 5.41) is 3.92. The van der Waals surface area contributed by atoms with E-state index in [1.165, 1.54) is 0 Å². The molecular weight excluding hydrogens is 354 g/mol. The van der Waals surface area contributed by atoms with Gasteiger partial charge in [-0.2, -0.15) is 5.10 Å². The number of esters is 1. The van der Waals surface area contributed by atoms with Crippen LogP contribution in [0.1, 0.15) is 41.2 Å². The van der Waals surface area contributed by atoms with E-state index in [0.29, 0.717) is 19.5 Å². The molecule has 0 N–H and O–H groups in total. The number of hydrogen-bond acceptors (Lipinski definition) is 4. The Morgan fingerprint density at radius 1 is 1.31 bits per heavy atom. The minimum absolute atomic E-state index is 0.143. The molecule has 0 spiro atoms. The average molecular weight is 376 g/mol. The van der Waals surface area contributed by atoms with Gasteiger partial charge in [-0.15, -0.1) is 11.6 Å². The van der Waals surface area contributed by atoms with E-state index in [9.17, 15) is 9.59 Å². The first kappa shape index (κ1) is 18.5. The van der Waals surface area contributed by atoms with Crippen LogP contribution >= 0.6 is 11.6 Å².